The van der Waals surface area contributed by atoms with Crippen molar-refractivity contribution in [1.29, 1.82) is 0 Å². The molecule has 45 heavy (non-hydrogen) atoms. The monoisotopic (exact) mass is 615 g/mol. The van der Waals surface area contributed by atoms with Crippen molar-refractivity contribution in [3.05, 3.63) is 64.2 Å². The minimum absolute atomic E-state index is 0.0351. The van der Waals surface area contributed by atoms with E-state index in [0.717, 1.165) is 47.4 Å². The molecule has 3 fully saturated rings. The number of carbonyl (C=O) groups is 5. The molecule has 2 aromatic rings. The highest BCUT2D eigenvalue weighted by Crippen LogP contribution is 2.36. The summed E-state index contributed by atoms with van der Waals surface area (Å²) in [4.78, 5) is 68.2. The Bertz CT molecular complexity index is 1520. The molecule has 236 valence electrons. The van der Waals surface area contributed by atoms with Crippen LogP contribution in [0.1, 0.15) is 100.0 Å². The van der Waals surface area contributed by atoms with Gasteiger partial charge in [0, 0.05) is 69.3 Å². The number of anilines is 1. The van der Waals surface area contributed by atoms with Crippen molar-refractivity contribution in [2.45, 2.75) is 88.6 Å². The summed E-state index contributed by atoms with van der Waals surface area (Å²) >= 11 is 0. The molecule has 0 radical (unpaired) electrons. The Labute approximate surface area is 261 Å². The second-order valence-electron chi connectivity index (χ2n) is 13.3. The lowest BCUT2D eigenvalue weighted by Crippen LogP contribution is -2.54. The van der Waals surface area contributed by atoms with E-state index in [2.05, 4.69) is 15.5 Å². The van der Waals surface area contributed by atoms with E-state index in [-0.39, 0.29) is 42.5 Å². The molecule has 0 bridgehead atoms. The zero-order valence-corrected chi connectivity index (χ0v) is 25.3. The van der Waals surface area contributed by atoms with Crippen LogP contribution in [0.4, 0.5) is 10.1 Å². The van der Waals surface area contributed by atoms with Crippen LogP contribution in [0.15, 0.2) is 36.4 Å². The van der Waals surface area contributed by atoms with E-state index in [0.29, 0.717) is 44.6 Å². The van der Waals surface area contributed by atoms with E-state index in [1.807, 2.05) is 29.2 Å². The van der Waals surface area contributed by atoms with Gasteiger partial charge in [0.25, 0.3) is 17.7 Å². The molecule has 4 heterocycles. The molecule has 1 atom stereocenters. The highest BCUT2D eigenvalue weighted by molar-refractivity contribution is 6.23. The lowest BCUT2D eigenvalue weighted by atomic mass is 9.92. The predicted octanol–water partition coefficient (Wildman–Crippen LogP) is 3.47. The number of rotatable bonds is 6. The van der Waals surface area contributed by atoms with Crippen molar-refractivity contribution in [3.8, 4) is 0 Å². The Morgan fingerprint density at radius 2 is 1.51 bits per heavy atom. The third kappa shape index (κ3) is 5.74. The average molecular weight is 616 g/mol. The molecular weight excluding hydrogens is 577 g/mol. The quantitative estimate of drug-likeness (QED) is 0.478. The maximum atomic E-state index is 16.1. The van der Waals surface area contributed by atoms with Gasteiger partial charge >= 0.3 is 0 Å². The van der Waals surface area contributed by atoms with Gasteiger partial charge in [-0.2, -0.15) is 0 Å². The van der Waals surface area contributed by atoms with E-state index in [1.54, 1.807) is 12.1 Å². The van der Waals surface area contributed by atoms with Crippen molar-refractivity contribution in [2.24, 2.45) is 0 Å². The fourth-order valence-corrected chi connectivity index (χ4v) is 7.61. The number of halogens is 1. The van der Waals surface area contributed by atoms with Gasteiger partial charge in [0.1, 0.15) is 11.7 Å². The summed E-state index contributed by atoms with van der Waals surface area (Å²) in [5, 5.41) is 5.37. The van der Waals surface area contributed by atoms with Crippen LogP contribution in [0.5, 0.6) is 0 Å². The summed E-state index contributed by atoms with van der Waals surface area (Å²) in [5.41, 5.74) is 2.54. The van der Waals surface area contributed by atoms with Crippen LogP contribution in [0.2, 0.25) is 0 Å². The fourth-order valence-electron chi connectivity index (χ4n) is 7.61. The number of imide groups is 2. The molecule has 1 aliphatic carbocycles. The van der Waals surface area contributed by atoms with Gasteiger partial charge in [0.15, 0.2) is 0 Å². The highest BCUT2D eigenvalue weighted by Gasteiger charge is 2.46. The van der Waals surface area contributed by atoms with Crippen LogP contribution in [-0.4, -0.2) is 76.7 Å². The van der Waals surface area contributed by atoms with Gasteiger partial charge in [-0.1, -0.05) is 19.3 Å². The zero-order chi connectivity index (χ0) is 31.3. The van der Waals surface area contributed by atoms with Gasteiger partial charge in [-0.15, -0.1) is 0 Å². The topological polar surface area (TPSA) is 119 Å². The minimum Gasteiger partial charge on any atom is -0.371 e. The summed E-state index contributed by atoms with van der Waals surface area (Å²) in [5.74, 6) is -2.14. The first-order valence-corrected chi connectivity index (χ1v) is 16.1. The van der Waals surface area contributed by atoms with E-state index in [1.165, 1.54) is 6.42 Å². The largest absolute Gasteiger partial charge is 0.371 e. The van der Waals surface area contributed by atoms with E-state index in [9.17, 15) is 24.0 Å². The Balaban J connectivity index is 0.938. The normalized spacial score (nSPS) is 23.6. The number of benzene rings is 2. The van der Waals surface area contributed by atoms with E-state index >= 15 is 4.39 Å². The number of amides is 5. The number of nitrogens with one attached hydrogen (secondary N) is 2. The molecule has 0 aromatic heterocycles. The maximum Gasteiger partial charge on any atom is 0.262 e. The maximum absolute atomic E-state index is 16.1. The second kappa shape index (κ2) is 11.7. The van der Waals surface area contributed by atoms with Crippen LogP contribution in [0.3, 0.4) is 0 Å². The number of alkyl halides is 1. The van der Waals surface area contributed by atoms with Gasteiger partial charge in [-0.25, -0.2) is 4.39 Å². The molecular formula is C34H38FN5O5. The second-order valence-corrected chi connectivity index (χ2v) is 13.3. The Morgan fingerprint density at radius 3 is 2.11 bits per heavy atom. The van der Waals surface area contributed by atoms with Crippen LogP contribution in [0.25, 0.3) is 0 Å². The molecule has 1 saturated carbocycles. The minimum atomic E-state index is -1.37. The van der Waals surface area contributed by atoms with Crippen LogP contribution < -0.4 is 15.5 Å². The average Bonchev–Trinajstić information content (AvgIpc) is 3.53. The first kappa shape index (κ1) is 29.6. The third-order valence-electron chi connectivity index (χ3n) is 10.1. The van der Waals surface area contributed by atoms with Gasteiger partial charge in [-0.05, 0) is 66.8 Å². The first-order valence-electron chi connectivity index (χ1n) is 16.1. The number of fused-ring (bicyclic) bond motifs is 2. The molecule has 10 nitrogen and oxygen atoms in total. The predicted molar refractivity (Wildman–Crippen MR) is 163 cm³/mol. The molecule has 7 rings (SSSR count). The molecule has 2 N–H and O–H groups in total. The molecule has 0 spiro atoms. The fraction of sp³-hybridized carbons (Fsp3) is 0.500. The van der Waals surface area contributed by atoms with Crippen molar-refractivity contribution in [1.82, 2.24) is 20.4 Å². The third-order valence-corrected chi connectivity index (χ3v) is 10.1. The molecule has 2 aromatic carbocycles. The SMILES string of the molecule is O=C1CCC(N2C(=O)c3cc4c(cc3C2=O)CN(CC2(F)CCN(c3ccc(C(=O)NC5CCCCC5)cc3)CC2)C4)C(=O)N1. The standard InChI is InChI=1S/C34H38FN5O5/c35-34(12-14-39(15-13-34)25-8-6-21(7-9-25)30(42)36-24-4-2-1-3-5-24)20-38-18-22-16-26-27(17-23(22)19-38)33(45)40(32(26)44)28-10-11-29(41)37-31(28)43/h6-9,16-17,24,28H,1-5,10-15,18-20H2,(H,36,42)(H,37,41,43). The number of hydrogen-bond donors (Lipinski definition) is 2. The van der Waals surface area contributed by atoms with E-state index in [4.69, 9.17) is 0 Å². The van der Waals surface area contributed by atoms with E-state index < -0.39 is 35.3 Å². The Hall–Kier alpha value is -4.12. The Kier molecular flexibility index (Phi) is 7.67. The summed E-state index contributed by atoms with van der Waals surface area (Å²) in [6.07, 6.45) is 6.58. The number of carbonyl (C=O) groups excluding carboxylic acids is 5. The van der Waals surface area contributed by atoms with Crippen LogP contribution in [0, 0.1) is 0 Å². The molecule has 11 heteroatoms. The molecule has 5 aliphatic rings. The molecule has 2 saturated heterocycles. The summed E-state index contributed by atoms with van der Waals surface area (Å²) in [6, 6.07) is 10.3. The van der Waals surface area contributed by atoms with Gasteiger partial charge in [0.2, 0.25) is 11.8 Å². The summed E-state index contributed by atoms with van der Waals surface area (Å²) in [7, 11) is 0. The van der Waals surface area contributed by atoms with Gasteiger partial charge in [0.05, 0.1) is 11.1 Å². The van der Waals surface area contributed by atoms with Gasteiger partial charge < -0.3 is 10.2 Å². The van der Waals surface area contributed by atoms with Crippen molar-refractivity contribution >= 4 is 35.2 Å². The number of hydrogen-bond acceptors (Lipinski definition) is 7. The van der Waals surface area contributed by atoms with Gasteiger partial charge in [-0.3, -0.25) is 39.1 Å². The van der Waals surface area contributed by atoms with Crippen LogP contribution in [-0.2, 0) is 22.7 Å². The summed E-state index contributed by atoms with van der Waals surface area (Å²) < 4.78 is 16.1. The number of piperidine rings is 2. The Morgan fingerprint density at radius 1 is 0.889 bits per heavy atom. The molecule has 5 amide bonds. The number of nitrogens with zero attached hydrogens (tertiary/aromatic N) is 3. The van der Waals surface area contributed by atoms with Crippen molar-refractivity contribution in [3.63, 3.8) is 0 Å². The molecule has 4 aliphatic heterocycles. The highest BCUT2D eigenvalue weighted by atomic mass is 19.1. The lowest BCUT2D eigenvalue weighted by molar-refractivity contribution is -0.136. The van der Waals surface area contributed by atoms with Crippen LogP contribution >= 0.6 is 0 Å². The smallest absolute Gasteiger partial charge is 0.262 e. The zero-order valence-electron chi connectivity index (χ0n) is 25.3. The summed E-state index contributed by atoms with van der Waals surface area (Å²) in [6.45, 7) is 2.34. The molecule has 1 unspecified atom stereocenters. The first-order chi connectivity index (χ1) is 21.7. The lowest BCUT2D eigenvalue weighted by Gasteiger charge is -2.39. The van der Waals surface area contributed by atoms with Crippen molar-refractivity contribution in [2.75, 3.05) is 24.5 Å². The van der Waals surface area contributed by atoms with Crippen molar-refractivity contribution < 1.29 is 28.4 Å².